The van der Waals surface area contributed by atoms with Gasteiger partial charge in [0, 0.05) is 17.8 Å². The largest absolute Gasteiger partial charge is 0.352 e. The van der Waals surface area contributed by atoms with Crippen LogP contribution >= 0.6 is 0 Å². The van der Waals surface area contributed by atoms with Crippen molar-refractivity contribution in [1.82, 2.24) is 10.3 Å². The predicted octanol–water partition coefficient (Wildman–Crippen LogP) is 2.49. The van der Waals surface area contributed by atoms with Crippen LogP contribution in [-0.2, 0) is 6.42 Å². The van der Waals surface area contributed by atoms with Gasteiger partial charge in [-0.1, -0.05) is 33.1 Å². The van der Waals surface area contributed by atoms with Crippen LogP contribution in [0.1, 0.15) is 55.6 Å². The molecule has 0 radical (unpaired) electrons. The number of aromatic nitrogens is 1. The first-order chi connectivity index (χ1) is 10.1. The second-order valence-electron chi connectivity index (χ2n) is 5.96. The van der Waals surface area contributed by atoms with Crippen molar-refractivity contribution in [2.24, 2.45) is 17.7 Å². The van der Waals surface area contributed by atoms with Crippen LogP contribution < -0.4 is 16.6 Å². The monoisotopic (exact) mass is 290 g/mol. The Bertz CT molecular complexity index is 467. The minimum atomic E-state index is -0.0404. The zero-order valence-electron chi connectivity index (χ0n) is 13.0. The van der Waals surface area contributed by atoms with E-state index < -0.39 is 0 Å². The van der Waals surface area contributed by atoms with Gasteiger partial charge in [0.1, 0.15) is 5.82 Å². The van der Waals surface area contributed by atoms with Crippen LogP contribution in [0.4, 0.5) is 5.82 Å². The third-order valence-electron chi connectivity index (χ3n) is 4.46. The van der Waals surface area contributed by atoms with Crippen LogP contribution in [0.5, 0.6) is 0 Å². The van der Waals surface area contributed by atoms with Crippen LogP contribution in [0.25, 0.3) is 0 Å². The Kier molecular flexibility index (Phi) is 5.56. The summed E-state index contributed by atoms with van der Waals surface area (Å²) in [4.78, 5) is 16.6. The summed E-state index contributed by atoms with van der Waals surface area (Å²) >= 11 is 0. The van der Waals surface area contributed by atoms with Crippen LogP contribution in [0, 0.1) is 11.8 Å². The molecular formula is C16H26N4O. The zero-order chi connectivity index (χ0) is 15.2. The van der Waals surface area contributed by atoms with Crippen LogP contribution in [0.3, 0.4) is 0 Å². The summed E-state index contributed by atoms with van der Waals surface area (Å²) in [6.45, 7) is 5.05. The topological polar surface area (TPSA) is 80.0 Å². The van der Waals surface area contributed by atoms with E-state index in [4.69, 9.17) is 5.84 Å². The van der Waals surface area contributed by atoms with E-state index in [-0.39, 0.29) is 5.91 Å². The Labute approximate surface area is 126 Å². The quantitative estimate of drug-likeness (QED) is 0.575. The number of anilines is 1. The van der Waals surface area contributed by atoms with Crippen molar-refractivity contribution in [3.8, 4) is 0 Å². The molecule has 1 heterocycles. The Morgan fingerprint density at radius 1 is 1.38 bits per heavy atom. The average Bonchev–Trinajstić information content (AvgIpc) is 2.53. The van der Waals surface area contributed by atoms with E-state index in [1.54, 1.807) is 6.07 Å². The highest BCUT2D eigenvalue weighted by Crippen LogP contribution is 2.28. The first-order valence-electron chi connectivity index (χ1n) is 7.89. The van der Waals surface area contributed by atoms with Gasteiger partial charge in [0.15, 0.2) is 0 Å². The van der Waals surface area contributed by atoms with Crippen molar-refractivity contribution in [1.29, 1.82) is 0 Å². The molecule has 1 aromatic rings. The maximum atomic E-state index is 12.3. The van der Waals surface area contributed by atoms with E-state index in [0.717, 1.165) is 18.7 Å². The number of nitrogens with zero attached hydrogens (tertiary/aromatic N) is 1. The van der Waals surface area contributed by atoms with Crippen LogP contribution in [0.15, 0.2) is 12.1 Å². The second kappa shape index (κ2) is 7.41. The number of carbonyl (C=O) groups excluding carboxylic acids is 1. The third-order valence-corrected chi connectivity index (χ3v) is 4.46. The Morgan fingerprint density at radius 3 is 2.81 bits per heavy atom. The molecule has 1 aromatic heterocycles. The molecule has 116 valence electrons. The number of rotatable bonds is 5. The van der Waals surface area contributed by atoms with Crippen molar-refractivity contribution < 1.29 is 4.79 Å². The molecule has 2 rings (SSSR count). The van der Waals surface area contributed by atoms with Gasteiger partial charge in [-0.15, -0.1) is 0 Å². The fourth-order valence-electron chi connectivity index (χ4n) is 3.00. The number of hydrazine groups is 1. The van der Waals surface area contributed by atoms with Crippen LogP contribution in [0.2, 0.25) is 0 Å². The molecule has 21 heavy (non-hydrogen) atoms. The molecule has 2 atom stereocenters. The molecule has 1 fully saturated rings. The Balaban J connectivity index is 1.99. The number of nitrogen functional groups attached to an aromatic ring is 1. The lowest BCUT2D eigenvalue weighted by atomic mass is 9.80. The van der Waals surface area contributed by atoms with Crippen molar-refractivity contribution in [2.75, 3.05) is 12.0 Å². The smallest absolute Gasteiger partial charge is 0.251 e. The molecule has 1 aliphatic carbocycles. The number of nitrogens with one attached hydrogen (secondary N) is 2. The predicted molar refractivity (Wildman–Crippen MR) is 84.9 cm³/mol. The molecule has 0 saturated heterocycles. The van der Waals surface area contributed by atoms with Gasteiger partial charge < -0.3 is 10.7 Å². The fourth-order valence-corrected chi connectivity index (χ4v) is 3.00. The maximum absolute atomic E-state index is 12.3. The molecule has 5 nitrogen and oxygen atoms in total. The van der Waals surface area contributed by atoms with Crippen LogP contribution in [-0.4, -0.2) is 17.4 Å². The number of hydrogen-bond acceptors (Lipinski definition) is 4. The molecule has 4 N–H and O–H groups in total. The summed E-state index contributed by atoms with van der Waals surface area (Å²) in [5.41, 5.74) is 4.00. The van der Waals surface area contributed by atoms with Crippen molar-refractivity contribution in [3.63, 3.8) is 0 Å². The fraction of sp³-hybridized carbons (Fsp3) is 0.625. The van der Waals surface area contributed by atoms with Crippen molar-refractivity contribution in [2.45, 2.75) is 46.0 Å². The van der Waals surface area contributed by atoms with E-state index in [0.29, 0.717) is 23.2 Å². The lowest BCUT2D eigenvalue weighted by Gasteiger charge is -2.28. The number of carbonyl (C=O) groups is 1. The summed E-state index contributed by atoms with van der Waals surface area (Å²) in [5.74, 6) is 7.20. The van der Waals surface area contributed by atoms with E-state index in [2.05, 4.69) is 22.7 Å². The van der Waals surface area contributed by atoms with Gasteiger partial charge in [-0.3, -0.25) is 4.79 Å². The van der Waals surface area contributed by atoms with E-state index >= 15 is 0 Å². The number of pyridine rings is 1. The summed E-state index contributed by atoms with van der Waals surface area (Å²) < 4.78 is 0. The third kappa shape index (κ3) is 4.17. The lowest BCUT2D eigenvalue weighted by Crippen LogP contribution is -2.33. The normalized spacial score (nSPS) is 21.9. The number of hydrogen-bond donors (Lipinski definition) is 3. The summed E-state index contributed by atoms with van der Waals surface area (Å²) in [5, 5.41) is 3.07. The molecule has 0 aromatic carbocycles. The summed E-state index contributed by atoms with van der Waals surface area (Å²) in [6, 6.07) is 3.53. The highest BCUT2D eigenvalue weighted by atomic mass is 16.1. The summed E-state index contributed by atoms with van der Waals surface area (Å²) in [6.07, 6.45) is 5.86. The van der Waals surface area contributed by atoms with E-state index in [1.807, 2.05) is 13.0 Å². The standard InChI is InChI=1S/C16H26N4O/c1-3-14-8-13(9-15(19-14)20-17)16(21)18-10-12-7-5-4-6-11(12)2/h8-9,11-12H,3-7,10,17H2,1-2H3,(H,18,21)(H,19,20). The molecular weight excluding hydrogens is 264 g/mol. The van der Waals surface area contributed by atoms with Gasteiger partial charge in [0.25, 0.3) is 5.91 Å². The van der Waals surface area contributed by atoms with E-state index in [1.165, 1.54) is 25.7 Å². The number of amides is 1. The van der Waals surface area contributed by atoms with Crippen molar-refractivity contribution in [3.05, 3.63) is 23.4 Å². The molecule has 2 unspecified atom stereocenters. The lowest BCUT2D eigenvalue weighted by molar-refractivity contribution is 0.0936. The minimum absolute atomic E-state index is 0.0404. The van der Waals surface area contributed by atoms with Gasteiger partial charge >= 0.3 is 0 Å². The molecule has 1 aliphatic rings. The highest BCUT2D eigenvalue weighted by molar-refractivity contribution is 5.95. The maximum Gasteiger partial charge on any atom is 0.251 e. The van der Waals surface area contributed by atoms with Gasteiger partial charge in [-0.05, 0) is 36.8 Å². The minimum Gasteiger partial charge on any atom is -0.352 e. The average molecular weight is 290 g/mol. The molecule has 0 aliphatic heterocycles. The highest BCUT2D eigenvalue weighted by Gasteiger charge is 2.22. The van der Waals surface area contributed by atoms with Crippen molar-refractivity contribution >= 4 is 11.7 Å². The van der Waals surface area contributed by atoms with Gasteiger partial charge in [-0.2, -0.15) is 0 Å². The van der Waals surface area contributed by atoms with Gasteiger partial charge in [0.05, 0.1) is 0 Å². The summed E-state index contributed by atoms with van der Waals surface area (Å²) in [7, 11) is 0. The molecule has 0 bridgehead atoms. The van der Waals surface area contributed by atoms with Gasteiger partial charge in [0.2, 0.25) is 0 Å². The zero-order valence-corrected chi connectivity index (χ0v) is 13.0. The number of nitrogens with two attached hydrogens (primary N) is 1. The number of aryl methyl sites for hydroxylation is 1. The molecule has 1 amide bonds. The first-order valence-corrected chi connectivity index (χ1v) is 7.89. The molecule has 5 heteroatoms. The Hall–Kier alpha value is -1.62. The van der Waals surface area contributed by atoms with Gasteiger partial charge in [-0.25, -0.2) is 10.8 Å². The first kappa shape index (κ1) is 15.8. The molecule has 1 saturated carbocycles. The second-order valence-corrected chi connectivity index (χ2v) is 5.96. The SMILES string of the molecule is CCc1cc(C(=O)NCC2CCCCC2C)cc(NN)n1. The molecule has 0 spiro atoms. The van der Waals surface area contributed by atoms with E-state index in [9.17, 15) is 4.79 Å². The Morgan fingerprint density at radius 2 is 2.14 bits per heavy atom.